The Balaban J connectivity index is 2.45. The van der Waals surface area contributed by atoms with Crippen LogP contribution in [0.5, 0.6) is 0 Å². The number of aryl methyl sites for hydroxylation is 2. The van der Waals surface area contributed by atoms with Crippen molar-refractivity contribution in [3.05, 3.63) is 40.3 Å². The summed E-state index contributed by atoms with van der Waals surface area (Å²) in [5.74, 6) is -0.850. The molecule has 0 saturated carbocycles. The number of nitrogens with zero attached hydrogens (tertiary/aromatic N) is 2. The number of hydrogen-bond donors (Lipinski definition) is 1. The molecule has 24 heavy (non-hydrogen) atoms. The summed E-state index contributed by atoms with van der Waals surface area (Å²) >= 11 is 5.87. The highest BCUT2D eigenvalue weighted by Gasteiger charge is 2.21. The highest BCUT2D eigenvalue weighted by molar-refractivity contribution is 6.30. The van der Waals surface area contributed by atoms with Crippen LogP contribution in [-0.4, -0.2) is 21.7 Å². The Hall–Kier alpha value is -2.21. The minimum atomic E-state index is -0.738. The Morgan fingerprint density at radius 2 is 1.79 bits per heavy atom. The number of rotatable bonds is 2. The van der Waals surface area contributed by atoms with E-state index in [1.54, 1.807) is 20.8 Å². The van der Waals surface area contributed by atoms with Gasteiger partial charge in [0.25, 0.3) is 0 Å². The average Bonchev–Trinajstić information content (AvgIpc) is 2.41. The van der Waals surface area contributed by atoms with Gasteiger partial charge in [0.2, 0.25) is 5.95 Å². The van der Waals surface area contributed by atoms with Gasteiger partial charge in [0.05, 0.1) is 0 Å². The van der Waals surface area contributed by atoms with E-state index in [1.807, 2.05) is 32.0 Å². The van der Waals surface area contributed by atoms with Crippen LogP contribution in [0, 0.1) is 19.7 Å². The van der Waals surface area contributed by atoms with Gasteiger partial charge < -0.3 is 4.74 Å². The van der Waals surface area contributed by atoms with Gasteiger partial charge in [-0.3, -0.25) is 5.32 Å². The van der Waals surface area contributed by atoms with E-state index in [-0.39, 0.29) is 16.8 Å². The largest absolute Gasteiger partial charge is 0.444 e. The van der Waals surface area contributed by atoms with Crippen molar-refractivity contribution in [1.29, 1.82) is 0 Å². The molecule has 1 aromatic carbocycles. The maximum Gasteiger partial charge on any atom is 0.414 e. The lowest BCUT2D eigenvalue weighted by molar-refractivity contribution is 0.0634. The molecule has 0 spiro atoms. The molecule has 1 N–H and O–H groups in total. The van der Waals surface area contributed by atoms with Crippen molar-refractivity contribution < 1.29 is 13.9 Å². The first kappa shape index (κ1) is 18.1. The number of ether oxygens (including phenoxy) is 1. The average molecular weight is 352 g/mol. The quantitative estimate of drug-likeness (QED) is 0.781. The molecule has 128 valence electrons. The zero-order chi connectivity index (χ0) is 18.1. The van der Waals surface area contributed by atoms with Gasteiger partial charge in [0.1, 0.15) is 11.3 Å². The Labute approximate surface area is 145 Å². The number of carbonyl (C=O) groups excluding carboxylic acids is 1. The number of benzene rings is 1. The summed E-state index contributed by atoms with van der Waals surface area (Å²) in [6.45, 7) is 8.88. The lowest BCUT2D eigenvalue weighted by atomic mass is 10.00. The van der Waals surface area contributed by atoms with Gasteiger partial charge in [-0.05, 0) is 45.7 Å². The highest BCUT2D eigenvalue weighted by Crippen LogP contribution is 2.31. The Morgan fingerprint density at radius 1 is 1.21 bits per heavy atom. The molecule has 1 amide bonds. The summed E-state index contributed by atoms with van der Waals surface area (Å²) in [6.07, 6.45) is -0.738. The van der Waals surface area contributed by atoms with E-state index < -0.39 is 17.5 Å². The molecule has 0 aliphatic rings. The first-order valence-electron chi connectivity index (χ1n) is 7.38. The standard InChI is InChI=1S/C17H19ClFN3O2/c1-9-7-6-8-10(2)11(9)13-12(19)14(18)21-15(20-13)22-16(23)24-17(3,4)5/h6-8H,1-5H3,(H,20,21,22,23). The summed E-state index contributed by atoms with van der Waals surface area (Å²) in [6, 6.07) is 5.56. The van der Waals surface area contributed by atoms with Crippen LogP contribution in [0.3, 0.4) is 0 Å². The van der Waals surface area contributed by atoms with E-state index in [9.17, 15) is 9.18 Å². The van der Waals surface area contributed by atoms with E-state index in [4.69, 9.17) is 16.3 Å². The molecule has 0 radical (unpaired) electrons. The van der Waals surface area contributed by atoms with Gasteiger partial charge in [0.15, 0.2) is 11.0 Å². The maximum atomic E-state index is 14.4. The predicted octanol–water partition coefficient (Wildman–Crippen LogP) is 4.90. The van der Waals surface area contributed by atoms with Crippen LogP contribution >= 0.6 is 11.6 Å². The Kier molecular flexibility index (Phi) is 5.08. The molecule has 0 bridgehead atoms. The molecular weight excluding hydrogens is 333 g/mol. The van der Waals surface area contributed by atoms with Crippen molar-refractivity contribution in [2.45, 2.75) is 40.2 Å². The summed E-state index contributed by atoms with van der Waals surface area (Å²) in [5, 5.41) is 2.01. The maximum absolute atomic E-state index is 14.4. The van der Waals surface area contributed by atoms with E-state index in [1.165, 1.54) is 0 Å². The molecule has 0 aliphatic heterocycles. The molecule has 0 atom stereocenters. The first-order chi connectivity index (χ1) is 11.1. The first-order valence-corrected chi connectivity index (χ1v) is 7.76. The highest BCUT2D eigenvalue weighted by atomic mass is 35.5. The molecule has 5 nitrogen and oxygen atoms in total. The fourth-order valence-corrected chi connectivity index (χ4v) is 2.39. The van der Waals surface area contributed by atoms with Crippen LogP contribution in [0.2, 0.25) is 5.15 Å². The van der Waals surface area contributed by atoms with Crippen molar-refractivity contribution in [2.24, 2.45) is 0 Å². The van der Waals surface area contributed by atoms with Gasteiger partial charge in [0, 0.05) is 5.56 Å². The van der Waals surface area contributed by atoms with Gasteiger partial charge in [-0.1, -0.05) is 29.8 Å². The third-order valence-electron chi connectivity index (χ3n) is 3.14. The third kappa shape index (κ3) is 4.20. The lowest BCUT2D eigenvalue weighted by Gasteiger charge is -2.19. The zero-order valence-electron chi connectivity index (χ0n) is 14.2. The van der Waals surface area contributed by atoms with Gasteiger partial charge in [-0.25, -0.2) is 14.2 Å². The summed E-state index contributed by atoms with van der Waals surface area (Å²) < 4.78 is 19.6. The molecule has 1 aromatic heterocycles. The summed E-state index contributed by atoms with van der Waals surface area (Å²) in [4.78, 5) is 19.7. The monoisotopic (exact) mass is 351 g/mol. The second-order valence-corrected chi connectivity index (χ2v) is 6.75. The normalized spacial score (nSPS) is 11.3. The molecule has 2 rings (SSSR count). The minimum Gasteiger partial charge on any atom is -0.444 e. The van der Waals surface area contributed by atoms with Crippen LogP contribution in [0.15, 0.2) is 18.2 Å². The van der Waals surface area contributed by atoms with Crippen molar-refractivity contribution in [1.82, 2.24) is 9.97 Å². The fourth-order valence-electron chi connectivity index (χ4n) is 2.22. The molecule has 0 fully saturated rings. The van der Waals surface area contributed by atoms with Crippen LogP contribution in [0.25, 0.3) is 11.3 Å². The number of amides is 1. The van der Waals surface area contributed by atoms with Crippen LogP contribution < -0.4 is 5.32 Å². The van der Waals surface area contributed by atoms with Gasteiger partial charge >= 0.3 is 6.09 Å². The second kappa shape index (κ2) is 6.73. The molecule has 7 heteroatoms. The smallest absolute Gasteiger partial charge is 0.414 e. The van der Waals surface area contributed by atoms with Crippen LogP contribution in [0.4, 0.5) is 15.1 Å². The van der Waals surface area contributed by atoms with Crippen molar-refractivity contribution >= 4 is 23.6 Å². The number of carbonyl (C=O) groups is 1. The van der Waals surface area contributed by atoms with E-state index in [0.717, 1.165) is 11.1 Å². The van der Waals surface area contributed by atoms with E-state index in [0.29, 0.717) is 5.56 Å². The number of halogens is 2. The summed E-state index contributed by atoms with van der Waals surface area (Å²) in [5.41, 5.74) is 1.66. The van der Waals surface area contributed by atoms with Gasteiger partial charge in [-0.15, -0.1) is 0 Å². The molecule has 1 heterocycles. The number of hydrogen-bond acceptors (Lipinski definition) is 4. The Bertz CT molecular complexity index is 768. The Morgan fingerprint density at radius 3 is 2.33 bits per heavy atom. The fraction of sp³-hybridized carbons (Fsp3) is 0.353. The lowest BCUT2D eigenvalue weighted by Crippen LogP contribution is -2.28. The van der Waals surface area contributed by atoms with Gasteiger partial charge in [-0.2, -0.15) is 4.98 Å². The molecule has 0 aliphatic carbocycles. The molecular formula is C17H19ClFN3O2. The van der Waals surface area contributed by atoms with E-state index in [2.05, 4.69) is 15.3 Å². The molecule has 0 saturated heterocycles. The van der Waals surface area contributed by atoms with Crippen molar-refractivity contribution in [2.75, 3.05) is 5.32 Å². The topological polar surface area (TPSA) is 64.1 Å². The zero-order valence-corrected chi connectivity index (χ0v) is 15.0. The SMILES string of the molecule is Cc1cccc(C)c1-c1nc(NC(=O)OC(C)(C)C)nc(Cl)c1F. The van der Waals surface area contributed by atoms with Crippen LogP contribution in [-0.2, 0) is 4.74 Å². The molecule has 0 unspecified atom stereocenters. The number of aromatic nitrogens is 2. The van der Waals surface area contributed by atoms with E-state index >= 15 is 0 Å². The predicted molar refractivity (Wildman–Crippen MR) is 91.8 cm³/mol. The third-order valence-corrected chi connectivity index (χ3v) is 3.39. The minimum absolute atomic E-state index is 0.0386. The molecule has 2 aromatic rings. The van der Waals surface area contributed by atoms with Crippen molar-refractivity contribution in [3.63, 3.8) is 0 Å². The van der Waals surface area contributed by atoms with Crippen LogP contribution in [0.1, 0.15) is 31.9 Å². The summed E-state index contributed by atoms with van der Waals surface area (Å²) in [7, 11) is 0. The second-order valence-electron chi connectivity index (χ2n) is 6.39. The number of anilines is 1. The number of nitrogens with one attached hydrogen (secondary N) is 1. The van der Waals surface area contributed by atoms with Crippen molar-refractivity contribution in [3.8, 4) is 11.3 Å².